The molecule has 0 spiro atoms. The van der Waals surface area contributed by atoms with Crippen molar-refractivity contribution in [3.63, 3.8) is 0 Å². The van der Waals surface area contributed by atoms with Crippen molar-refractivity contribution in [2.45, 2.75) is 50.9 Å². The van der Waals surface area contributed by atoms with Gasteiger partial charge in [0.2, 0.25) is 11.8 Å². The lowest BCUT2D eigenvalue weighted by Crippen LogP contribution is -2.42. The van der Waals surface area contributed by atoms with Crippen molar-refractivity contribution >= 4 is 11.8 Å². The summed E-state index contributed by atoms with van der Waals surface area (Å²) in [5.41, 5.74) is 0.967. The third kappa shape index (κ3) is 4.14. The summed E-state index contributed by atoms with van der Waals surface area (Å²) in [4.78, 5) is 30.7. The minimum Gasteiger partial charge on any atom is -0.497 e. The standard InChI is InChI=1S/C24H34N2O4/c1-29-18-10-11-22(30-2)19(14-18)20-15-26(23(27)17-8-4-5-9-17)16-21(20)24(28)25-12-6-3-7-13-25/h10-11,14,17,20-21H,3-9,12-13,15-16H2,1-2H3/t20-,21-/m1/s1. The molecule has 3 fully saturated rings. The first kappa shape index (κ1) is 21.0. The first-order valence-electron chi connectivity index (χ1n) is 11.4. The van der Waals surface area contributed by atoms with Crippen molar-refractivity contribution in [3.8, 4) is 11.5 Å². The summed E-state index contributed by atoms with van der Waals surface area (Å²) in [7, 11) is 3.30. The second kappa shape index (κ2) is 9.27. The highest BCUT2D eigenvalue weighted by atomic mass is 16.5. The number of amides is 2. The topological polar surface area (TPSA) is 59.1 Å². The highest BCUT2D eigenvalue weighted by Gasteiger charge is 2.44. The maximum Gasteiger partial charge on any atom is 0.228 e. The van der Waals surface area contributed by atoms with Crippen LogP contribution in [0.5, 0.6) is 11.5 Å². The minimum absolute atomic E-state index is 0.0742. The van der Waals surface area contributed by atoms with E-state index in [1.165, 1.54) is 6.42 Å². The van der Waals surface area contributed by atoms with Crippen LogP contribution < -0.4 is 9.47 Å². The molecule has 2 saturated heterocycles. The lowest BCUT2D eigenvalue weighted by atomic mass is 9.86. The minimum atomic E-state index is -0.227. The summed E-state index contributed by atoms with van der Waals surface area (Å²) in [6.45, 7) is 2.74. The third-order valence-corrected chi connectivity index (χ3v) is 7.16. The van der Waals surface area contributed by atoms with E-state index in [0.717, 1.165) is 68.7 Å². The molecule has 0 radical (unpaired) electrons. The van der Waals surface area contributed by atoms with Gasteiger partial charge in [-0.25, -0.2) is 0 Å². The first-order valence-corrected chi connectivity index (χ1v) is 11.4. The Morgan fingerprint density at radius 3 is 2.27 bits per heavy atom. The summed E-state index contributed by atoms with van der Waals surface area (Å²) in [5.74, 6) is 1.74. The van der Waals surface area contributed by atoms with E-state index in [0.29, 0.717) is 13.1 Å². The Morgan fingerprint density at radius 1 is 0.867 bits per heavy atom. The Hall–Kier alpha value is -2.24. The molecule has 3 aliphatic rings. The summed E-state index contributed by atoms with van der Waals surface area (Å²) >= 11 is 0. The van der Waals surface area contributed by atoms with E-state index in [1.807, 2.05) is 28.0 Å². The SMILES string of the molecule is COc1ccc(OC)c([C@H]2CN(C(=O)C3CCCC3)C[C@H]2C(=O)N2CCCCC2)c1. The number of benzene rings is 1. The van der Waals surface area contributed by atoms with Crippen LogP contribution in [-0.4, -0.2) is 62.0 Å². The number of hydrogen-bond donors (Lipinski definition) is 0. The molecule has 2 heterocycles. The predicted molar refractivity (Wildman–Crippen MR) is 115 cm³/mol. The molecule has 0 unspecified atom stereocenters. The van der Waals surface area contributed by atoms with Crippen LogP contribution in [-0.2, 0) is 9.59 Å². The molecule has 0 bridgehead atoms. The van der Waals surface area contributed by atoms with E-state index >= 15 is 0 Å². The fraction of sp³-hybridized carbons (Fsp3) is 0.667. The molecule has 2 aliphatic heterocycles. The van der Waals surface area contributed by atoms with Gasteiger partial charge in [0.15, 0.2) is 0 Å². The van der Waals surface area contributed by atoms with Gasteiger partial charge in [0.05, 0.1) is 20.1 Å². The molecule has 30 heavy (non-hydrogen) atoms. The highest BCUT2D eigenvalue weighted by Crippen LogP contribution is 2.41. The lowest BCUT2D eigenvalue weighted by molar-refractivity contribution is -0.137. The zero-order chi connectivity index (χ0) is 21.1. The van der Waals surface area contributed by atoms with Gasteiger partial charge in [0.1, 0.15) is 11.5 Å². The molecule has 1 aromatic carbocycles. The number of carbonyl (C=O) groups is 2. The Morgan fingerprint density at radius 2 is 1.60 bits per heavy atom. The molecule has 6 nitrogen and oxygen atoms in total. The Bertz CT molecular complexity index is 768. The van der Waals surface area contributed by atoms with E-state index in [9.17, 15) is 9.59 Å². The quantitative estimate of drug-likeness (QED) is 0.741. The molecule has 1 aliphatic carbocycles. The van der Waals surface area contributed by atoms with Crippen LogP contribution in [0.4, 0.5) is 0 Å². The molecule has 6 heteroatoms. The maximum atomic E-state index is 13.5. The first-order chi connectivity index (χ1) is 14.6. The summed E-state index contributed by atoms with van der Waals surface area (Å²) in [6, 6.07) is 5.75. The lowest BCUT2D eigenvalue weighted by Gasteiger charge is -2.31. The molecule has 2 amide bonds. The van der Waals surface area contributed by atoms with Crippen LogP contribution >= 0.6 is 0 Å². The monoisotopic (exact) mass is 414 g/mol. The largest absolute Gasteiger partial charge is 0.497 e. The smallest absolute Gasteiger partial charge is 0.228 e. The van der Waals surface area contributed by atoms with Gasteiger partial charge >= 0.3 is 0 Å². The average molecular weight is 415 g/mol. The van der Waals surface area contributed by atoms with Crippen molar-refractivity contribution in [1.29, 1.82) is 0 Å². The Kier molecular flexibility index (Phi) is 6.49. The normalized spacial score (nSPS) is 24.9. The molecule has 4 rings (SSSR count). The maximum absolute atomic E-state index is 13.5. The molecular weight excluding hydrogens is 380 g/mol. The van der Waals surface area contributed by atoms with Crippen molar-refractivity contribution in [2.75, 3.05) is 40.4 Å². The highest BCUT2D eigenvalue weighted by molar-refractivity contribution is 5.84. The summed E-state index contributed by atoms with van der Waals surface area (Å²) < 4.78 is 11.1. The number of nitrogens with zero attached hydrogens (tertiary/aromatic N) is 2. The molecule has 164 valence electrons. The number of carbonyl (C=O) groups excluding carboxylic acids is 2. The second-order valence-electron chi connectivity index (χ2n) is 8.93. The molecular formula is C24H34N2O4. The van der Waals surface area contributed by atoms with Gasteiger partial charge in [-0.2, -0.15) is 0 Å². The zero-order valence-electron chi connectivity index (χ0n) is 18.3. The number of rotatable bonds is 5. The van der Waals surface area contributed by atoms with Crippen LogP contribution in [0.3, 0.4) is 0 Å². The Balaban J connectivity index is 1.64. The van der Waals surface area contributed by atoms with Crippen molar-refractivity contribution in [3.05, 3.63) is 23.8 Å². The van der Waals surface area contributed by atoms with Crippen LogP contribution in [0.1, 0.15) is 56.4 Å². The van der Waals surface area contributed by atoms with Gasteiger partial charge in [-0.1, -0.05) is 12.8 Å². The van der Waals surface area contributed by atoms with Gasteiger partial charge in [0.25, 0.3) is 0 Å². The van der Waals surface area contributed by atoms with E-state index in [4.69, 9.17) is 9.47 Å². The van der Waals surface area contributed by atoms with Gasteiger partial charge in [0, 0.05) is 43.6 Å². The number of methoxy groups -OCH3 is 2. The third-order valence-electron chi connectivity index (χ3n) is 7.16. The number of ether oxygens (including phenoxy) is 2. The van der Waals surface area contributed by atoms with Gasteiger partial charge in [-0.3, -0.25) is 9.59 Å². The van der Waals surface area contributed by atoms with Gasteiger partial charge in [-0.05, 0) is 50.3 Å². The molecule has 1 aromatic rings. The van der Waals surface area contributed by atoms with Crippen LogP contribution in [0, 0.1) is 11.8 Å². The second-order valence-corrected chi connectivity index (χ2v) is 8.93. The molecule has 0 aromatic heterocycles. The number of piperidine rings is 1. The number of hydrogen-bond acceptors (Lipinski definition) is 4. The Labute approximate surface area is 179 Å². The zero-order valence-corrected chi connectivity index (χ0v) is 18.3. The van der Waals surface area contributed by atoms with Gasteiger partial charge in [-0.15, -0.1) is 0 Å². The fourth-order valence-electron chi connectivity index (χ4n) is 5.46. The fourth-order valence-corrected chi connectivity index (χ4v) is 5.46. The van der Waals surface area contributed by atoms with Crippen molar-refractivity contribution in [1.82, 2.24) is 9.80 Å². The molecule has 1 saturated carbocycles. The van der Waals surface area contributed by atoms with Crippen molar-refractivity contribution < 1.29 is 19.1 Å². The van der Waals surface area contributed by atoms with E-state index in [1.54, 1.807) is 14.2 Å². The van der Waals surface area contributed by atoms with E-state index in [2.05, 4.69) is 0 Å². The van der Waals surface area contributed by atoms with E-state index < -0.39 is 0 Å². The van der Waals surface area contributed by atoms with Gasteiger partial charge < -0.3 is 19.3 Å². The predicted octanol–water partition coefficient (Wildman–Crippen LogP) is 3.45. The summed E-state index contributed by atoms with van der Waals surface area (Å²) in [5, 5.41) is 0. The average Bonchev–Trinajstić information content (AvgIpc) is 3.49. The molecule has 2 atom stereocenters. The number of likely N-dealkylation sites (tertiary alicyclic amines) is 2. The van der Waals surface area contributed by atoms with Crippen LogP contribution in [0.2, 0.25) is 0 Å². The summed E-state index contributed by atoms with van der Waals surface area (Å²) in [6.07, 6.45) is 7.54. The van der Waals surface area contributed by atoms with E-state index in [-0.39, 0.29) is 29.6 Å². The van der Waals surface area contributed by atoms with Crippen molar-refractivity contribution in [2.24, 2.45) is 11.8 Å². The molecule has 0 N–H and O–H groups in total. The van der Waals surface area contributed by atoms with Crippen LogP contribution in [0.25, 0.3) is 0 Å². The van der Waals surface area contributed by atoms with Crippen LogP contribution in [0.15, 0.2) is 18.2 Å².